The fraction of sp³-hybridized carbons (Fsp3) is 0.519. The predicted octanol–water partition coefficient (Wildman–Crippen LogP) is 5.80. The Labute approximate surface area is 191 Å². The Morgan fingerprint density at radius 3 is 2.19 bits per heavy atom. The molecule has 0 saturated heterocycles. The van der Waals surface area contributed by atoms with Crippen molar-refractivity contribution in [3.8, 4) is 12.1 Å². The van der Waals surface area contributed by atoms with Crippen LogP contribution in [0.5, 0.6) is 0 Å². The Balaban J connectivity index is 2.26. The van der Waals surface area contributed by atoms with Crippen molar-refractivity contribution in [1.82, 2.24) is 0 Å². The number of rotatable bonds is 3. The third-order valence-electron chi connectivity index (χ3n) is 6.81. The number of esters is 1. The summed E-state index contributed by atoms with van der Waals surface area (Å²) >= 11 is 0. The van der Waals surface area contributed by atoms with Gasteiger partial charge in [-0.05, 0) is 43.7 Å². The van der Waals surface area contributed by atoms with Crippen LogP contribution >= 0.6 is 0 Å². The summed E-state index contributed by atoms with van der Waals surface area (Å²) in [7, 11) is 0. The number of allylic oxidation sites excluding steroid dienone is 3. The highest BCUT2D eigenvalue weighted by Gasteiger charge is 2.56. The number of carbonyl (C=O) groups is 1. The lowest BCUT2D eigenvalue weighted by Crippen LogP contribution is -2.46. The maximum Gasteiger partial charge on any atom is 0.333 e. The van der Waals surface area contributed by atoms with Crippen molar-refractivity contribution < 1.29 is 9.53 Å². The van der Waals surface area contributed by atoms with Crippen LogP contribution in [0.2, 0.25) is 0 Å². The average Bonchev–Trinajstić information content (AvgIpc) is 2.80. The average molecular weight is 432 g/mol. The minimum absolute atomic E-state index is 0.0423. The van der Waals surface area contributed by atoms with Crippen molar-refractivity contribution in [3.05, 3.63) is 58.3 Å². The van der Waals surface area contributed by atoms with Gasteiger partial charge in [0.25, 0.3) is 0 Å². The molecule has 5 heteroatoms. The van der Waals surface area contributed by atoms with Crippen LogP contribution in [0.4, 0.5) is 0 Å². The Kier molecular flexibility index (Phi) is 8.12. The molecular weight excluding hydrogens is 398 g/mol. The predicted molar refractivity (Wildman–Crippen MR) is 124 cm³/mol. The molecule has 0 amide bonds. The van der Waals surface area contributed by atoms with Crippen molar-refractivity contribution in [1.29, 1.82) is 10.5 Å². The summed E-state index contributed by atoms with van der Waals surface area (Å²) in [6, 6.07) is 14.1. The third kappa shape index (κ3) is 4.44. The van der Waals surface area contributed by atoms with Crippen molar-refractivity contribution >= 4 is 5.97 Å². The van der Waals surface area contributed by atoms with Crippen LogP contribution in [0, 0.1) is 28.1 Å². The van der Waals surface area contributed by atoms with Crippen molar-refractivity contribution in [2.24, 2.45) is 11.1 Å². The minimum Gasteiger partial charge on any atom is -0.464 e. The van der Waals surface area contributed by atoms with Crippen LogP contribution < -0.4 is 5.73 Å². The molecule has 3 rings (SSSR count). The van der Waals surface area contributed by atoms with Gasteiger partial charge in [0.05, 0.1) is 23.9 Å². The van der Waals surface area contributed by atoms with E-state index in [0.29, 0.717) is 5.57 Å². The molecule has 5 nitrogen and oxygen atoms in total. The van der Waals surface area contributed by atoms with Crippen molar-refractivity contribution in [2.45, 2.75) is 77.0 Å². The fourth-order valence-corrected chi connectivity index (χ4v) is 5.24. The summed E-state index contributed by atoms with van der Waals surface area (Å²) in [5.41, 5.74) is 7.98. The second-order valence-corrected chi connectivity index (χ2v) is 8.72. The molecule has 0 fully saturated rings. The van der Waals surface area contributed by atoms with Gasteiger partial charge in [0, 0.05) is 5.92 Å². The molecule has 2 unspecified atom stereocenters. The van der Waals surface area contributed by atoms with E-state index < -0.39 is 17.3 Å². The number of nitrogens with zero attached hydrogens (tertiary/aromatic N) is 2. The van der Waals surface area contributed by atoms with Gasteiger partial charge in [0.1, 0.15) is 6.07 Å². The van der Waals surface area contributed by atoms with E-state index in [4.69, 9.17) is 10.5 Å². The van der Waals surface area contributed by atoms with Gasteiger partial charge in [-0.2, -0.15) is 10.5 Å². The lowest BCUT2D eigenvalue weighted by Gasteiger charge is -2.40. The van der Waals surface area contributed by atoms with Gasteiger partial charge in [-0.25, -0.2) is 4.79 Å². The summed E-state index contributed by atoms with van der Waals surface area (Å²) in [5.74, 6) is -1.22. The lowest BCUT2D eigenvalue weighted by atomic mass is 9.60. The smallest absolute Gasteiger partial charge is 0.333 e. The molecule has 32 heavy (non-hydrogen) atoms. The zero-order valence-corrected chi connectivity index (χ0v) is 19.0. The van der Waals surface area contributed by atoms with Crippen molar-refractivity contribution in [3.63, 3.8) is 0 Å². The maximum atomic E-state index is 13.4. The van der Waals surface area contributed by atoms with E-state index >= 15 is 0 Å². The van der Waals surface area contributed by atoms with E-state index in [1.165, 1.54) is 25.7 Å². The van der Waals surface area contributed by atoms with Crippen LogP contribution in [0.25, 0.3) is 0 Å². The van der Waals surface area contributed by atoms with E-state index in [0.717, 1.165) is 55.2 Å². The number of hydrogen-bond donors (Lipinski definition) is 1. The van der Waals surface area contributed by atoms with Gasteiger partial charge in [0.15, 0.2) is 0 Å². The van der Waals surface area contributed by atoms with Crippen molar-refractivity contribution in [2.75, 3.05) is 6.61 Å². The fourth-order valence-electron chi connectivity index (χ4n) is 5.24. The van der Waals surface area contributed by atoms with Crippen LogP contribution in [0.15, 0.2) is 52.7 Å². The topological polar surface area (TPSA) is 99.9 Å². The van der Waals surface area contributed by atoms with E-state index in [1.807, 2.05) is 30.3 Å². The molecule has 0 bridgehead atoms. The van der Waals surface area contributed by atoms with Gasteiger partial charge in [-0.15, -0.1) is 0 Å². The number of ether oxygens (including phenoxy) is 1. The molecule has 0 saturated carbocycles. The van der Waals surface area contributed by atoms with Gasteiger partial charge in [-0.1, -0.05) is 74.4 Å². The van der Waals surface area contributed by atoms with Crippen LogP contribution in [0.3, 0.4) is 0 Å². The lowest BCUT2D eigenvalue weighted by molar-refractivity contribution is -0.151. The standard InChI is InChI=1S/C27H33N3O2/c1-2-32-26(31)27(19-29)24(20-14-10-9-11-15-20)22-17-13-8-6-4-3-5-7-12-16-21(22)23(18-28)25(27)30/h9-11,14-15,24H,2-8,12-13,16-17,30H2,1H3. The zero-order valence-electron chi connectivity index (χ0n) is 19.0. The number of nitriles is 2. The van der Waals surface area contributed by atoms with E-state index in [1.54, 1.807) is 6.92 Å². The van der Waals surface area contributed by atoms with Crippen LogP contribution in [-0.2, 0) is 9.53 Å². The SMILES string of the molecule is CCOC(=O)C1(C#N)C(N)=C(C#N)C2=C(CCCCCCCCCC2)C1c1ccccc1. The highest BCUT2D eigenvalue weighted by molar-refractivity contribution is 5.88. The highest BCUT2D eigenvalue weighted by Crippen LogP contribution is 2.54. The number of hydrogen-bond acceptors (Lipinski definition) is 5. The molecule has 0 heterocycles. The van der Waals surface area contributed by atoms with E-state index in [2.05, 4.69) is 12.1 Å². The molecule has 0 aromatic heterocycles. The molecule has 0 aliphatic heterocycles. The molecule has 2 atom stereocenters. The molecule has 0 radical (unpaired) electrons. The number of benzene rings is 1. The molecule has 2 aliphatic carbocycles. The maximum absolute atomic E-state index is 13.4. The molecule has 2 N–H and O–H groups in total. The third-order valence-corrected chi connectivity index (χ3v) is 6.81. The first-order valence-corrected chi connectivity index (χ1v) is 11.9. The second-order valence-electron chi connectivity index (χ2n) is 8.72. The molecule has 168 valence electrons. The van der Waals surface area contributed by atoms with Gasteiger partial charge < -0.3 is 10.5 Å². The molecule has 1 aromatic carbocycles. The molecule has 1 aromatic rings. The first-order chi connectivity index (χ1) is 15.6. The Bertz CT molecular complexity index is 965. The first-order valence-electron chi connectivity index (χ1n) is 11.9. The monoisotopic (exact) mass is 431 g/mol. The Morgan fingerprint density at radius 2 is 1.62 bits per heavy atom. The highest BCUT2D eigenvalue weighted by atomic mass is 16.5. The van der Waals surface area contributed by atoms with Gasteiger partial charge in [-0.3, -0.25) is 0 Å². The van der Waals surface area contributed by atoms with E-state index in [-0.39, 0.29) is 12.3 Å². The second kappa shape index (κ2) is 11.0. The first kappa shape index (κ1) is 23.6. The summed E-state index contributed by atoms with van der Waals surface area (Å²) in [6.45, 7) is 1.86. The van der Waals surface area contributed by atoms with Crippen LogP contribution in [-0.4, -0.2) is 12.6 Å². The molecule has 0 spiro atoms. The Hall–Kier alpha value is -3.05. The summed E-state index contributed by atoms with van der Waals surface area (Å²) in [4.78, 5) is 13.4. The van der Waals surface area contributed by atoms with Gasteiger partial charge >= 0.3 is 5.97 Å². The zero-order chi connectivity index (χ0) is 23.0. The van der Waals surface area contributed by atoms with E-state index in [9.17, 15) is 15.3 Å². The number of nitrogens with two attached hydrogens (primary N) is 1. The quantitative estimate of drug-likeness (QED) is 0.609. The largest absolute Gasteiger partial charge is 0.464 e. The minimum atomic E-state index is -1.74. The summed E-state index contributed by atoms with van der Waals surface area (Å²) in [5, 5.41) is 20.6. The number of carbonyl (C=O) groups excluding carboxylic acids is 1. The van der Waals surface area contributed by atoms with Gasteiger partial charge in [0.2, 0.25) is 5.41 Å². The summed E-state index contributed by atoms with van der Waals surface area (Å²) in [6.07, 6.45) is 10.5. The molecular formula is C27H33N3O2. The Morgan fingerprint density at radius 1 is 1.03 bits per heavy atom. The van der Waals surface area contributed by atoms with Crippen LogP contribution in [0.1, 0.15) is 82.6 Å². The normalized spacial score (nSPS) is 24.9. The summed E-state index contributed by atoms with van der Waals surface area (Å²) < 4.78 is 5.40. The molecule has 2 aliphatic rings.